The molecule has 0 radical (unpaired) electrons. The Morgan fingerprint density at radius 2 is 1.80 bits per heavy atom. The van der Waals surface area contributed by atoms with E-state index in [1.54, 1.807) is 30.8 Å². The molecule has 1 fully saturated rings. The number of carbonyl (C=O) groups excluding carboxylic acids is 1. The van der Waals surface area contributed by atoms with Crippen LogP contribution >= 0.6 is 0 Å². The second kappa shape index (κ2) is 15.2. The van der Waals surface area contributed by atoms with Gasteiger partial charge in [-0.15, -0.1) is 5.10 Å². The first-order chi connectivity index (χ1) is 21.3. The SMILES string of the molecule is C/C=C(\C=C/C(C)c1ccc(OCC(C)(C)C(=O)OC(C)(C)C)nc1)c1nc(N2CCC(F)(F)CC2)nn1COCC[Si](C)(C)C. The van der Waals surface area contributed by atoms with E-state index in [2.05, 4.69) is 42.7 Å². The molecule has 256 valence electrons. The Morgan fingerprint density at radius 1 is 1.13 bits per heavy atom. The number of hydrogen-bond acceptors (Lipinski definition) is 8. The second-order valence-corrected chi connectivity index (χ2v) is 20.5. The predicted octanol–water partition coefficient (Wildman–Crippen LogP) is 7.73. The van der Waals surface area contributed by atoms with Gasteiger partial charge in [0.1, 0.15) is 18.9 Å². The highest BCUT2D eigenvalue weighted by Gasteiger charge is 2.36. The summed E-state index contributed by atoms with van der Waals surface area (Å²) in [4.78, 5) is 23.6. The van der Waals surface area contributed by atoms with Crippen molar-refractivity contribution in [3.05, 3.63) is 47.9 Å². The van der Waals surface area contributed by atoms with Crippen LogP contribution in [0.2, 0.25) is 25.7 Å². The number of nitrogens with zero attached hydrogens (tertiary/aromatic N) is 5. The third-order valence-electron chi connectivity index (χ3n) is 7.60. The number of pyridine rings is 1. The van der Waals surface area contributed by atoms with Gasteiger partial charge in [0.2, 0.25) is 11.8 Å². The number of allylic oxidation sites excluding steroid dienone is 4. The molecule has 1 atom stereocenters. The van der Waals surface area contributed by atoms with Crippen molar-refractivity contribution in [3.63, 3.8) is 0 Å². The number of alkyl halides is 2. The normalized spacial score (nSPS) is 17.0. The number of rotatable bonds is 14. The monoisotopic (exact) mass is 661 g/mol. The summed E-state index contributed by atoms with van der Waals surface area (Å²) in [5, 5.41) is 4.69. The average molecular weight is 662 g/mol. The summed E-state index contributed by atoms with van der Waals surface area (Å²) in [6, 6.07) is 4.77. The highest BCUT2D eigenvalue weighted by atomic mass is 28.3. The summed E-state index contributed by atoms with van der Waals surface area (Å²) in [5.41, 5.74) is 0.429. The zero-order chi connectivity index (χ0) is 34.3. The standard InChI is InChI=1S/C34H53F2N5O4Si/c1-11-26(13-12-25(2)27-14-15-28(37-22-27)44-23-33(6,7)30(42)45-32(3,4)5)29-38-31(40-18-16-34(35,36)17-19-40)39-41(29)24-43-20-21-46(8,9)10/h11-15,22,25H,16-21,23-24H2,1-10H3/b13-12-,26-11+. The lowest BCUT2D eigenvalue weighted by Crippen LogP contribution is -2.40. The molecule has 9 nitrogen and oxygen atoms in total. The summed E-state index contributed by atoms with van der Waals surface area (Å²) in [6.45, 7) is 21.4. The molecule has 0 aromatic carbocycles. The lowest BCUT2D eigenvalue weighted by atomic mass is 9.94. The maximum atomic E-state index is 13.8. The van der Waals surface area contributed by atoms with Crippen molar-refractivity contribution < 1.29 is 27.8 Å². The Morgan fingerprint density at radius 3 is 2.37 bits per heavy atom. The Balaban J connectivity index is 1.70. The highest BCUT2D eigenvalue weighted by molar-refractivity contribution is 6.76. The van der Waals surface area contributed by atoms with Crippen LogP contribution in [0.3, 0.4) is 0 Å². The van der Waals surface area contributed by atoms with Gasteiger partial charge in [-0.1, -0.05) is 50.9 Å². The van der Waals surface area contributed by atoms with Crippen molar-refractivity contribution in [2.24, 2.45) is 5.41 Å². The average Bonchev–Trinajstić information content (AvgIpc) is 3.37. The minimum Gasteiger partial charge on any atom is -0.476 e. The molecule has 3 rings (SSSR count). The summed E-state index contributed by atoms with van der Waals surface area (Å²) >= 11 is 0. The molecule has 1 unspecified atom stereocenters. The summed E-state index contributed by atoms with van der Waals surface area (Å²) < 4.78 is 46.7. The number of halogens is 2. The molecule has 1 aliphatic rings. The minimum atomic E-state index is -2.65. The fourth-order valence-electron chi connectivity index (χ4n) is 4.47. The van der Waals surface area contributed by atoms with Gasteiger partial charge >= 0.3 is 5.97 Å². The smallest absolute Gasteiger partial charge is 0.315 e. The molecular weight excluding hydrogens is 608 g/mol. The first kappa shape index (κ1) is 37.3. The highest BCUT2D eigenvalue weighted by Crippen LogP contribution is 2.30. The van der Waals surface area contributed by atoms with E-state index in [4.69, 9.17) is 19.2 Å². The summed E-state index contributed by atoms with van der Waals surface area (Å²) in [6.07, 6.45) is 7.36. The quantitative estimate of drug-likeness (QED) is 0.0880. The molecule has 46 heavy (non-hydrogen) atoms. The van der Waals surface area contributed by atoms with Gasteiger partial charge in [0.15, 0.2) is 5.82 Å². The number of hydrogen-bond donors (Lipinski definition) is 0. The number of ether oxygens (including phenoxy) is 3. The van der Waals surface area contributed by atoms with Crippen molar-refractivity contribution in [2.75, 3.05) is 31.2 Å². The number of piperidine rings is 1. The Hall–Kier alpha value is -3.12. The lowest BCUT2D eigenvalue weighted by molar-refractivity contribution is -0.167. The molecule has 2 aromatic heterocycles. The number of esters is 1. The molecule has 1 saturated heterocycles. The van der Waals surface area contributed by atoms with E-state index in [9.17, 15) is 13.6 Å². The third-order valence-corrected chi connectivity index (χ3v) is 9.30. The molecule has 2 aromatic rings. The topological polar surface area (TPSA) is 91.6 Å². The predicted molar refractivity (Wildman–Crippen MR) is 181 cm³/mol. The van der Waals surface area contributed by atoms with Gasteiger partial charge < -0.3 is 19.1 Å². The van der Waals surface area contributed by atoms with Crippen molar-refractivity contribution in [2.45, 2.75) is 111 Å². The Labute approximate surface area is 274 Å². The summed E-state index contributed by atoms with van der Waals surface area (Å²) in [7, 11) is -1.26. The molecule has 0 bridgehead atoms. The lowest BCUT2D eigenvalue weighted by Gasteiger charge is -2.30. The van der Waals surface area contributed by atoms with Gasteiger partial charge in [0.05, 0.1) is 5.41 Å². The molecular formula is C34H53F2N5O4Si. The van der Waals surface area contributed by atoms with Gasteiger partial charge in [-0.25, -0.2) is 18.4 Å². The minimum absolute atomic E-state index is 0.0165. The third kappa shape index (κ3) is 11.6. The van der Waals surface area contributed by atoms with E-state index >= 15 is 0 Å². The number of anilines is 1. The van der Waals surface area contributed by atoms with Crippen LogP contribution in [0.5, 0.6) is 5.88 Å². The molecule has 1 aliphatic heterocycles. The van der Waals surface area contributed by atoms with Crippen molar-refractivity contribution in [1.82, 2.24) is 19.7 Å². The van der Waals surface area contributed by atoms with E-state index in [1.807, 2.05) is 50.8 Å². The maximum absolute atomic E-state index is 13.8. The molecule has 3 heterocycles. The van der Waals surface area contributed by atoms with E-state index in [0.717, 1.165) is 17.2 Å². The Bertz CT molecular complexity index is 1350. The number of carbonyl (C=O) groups is 1. The number of aromatic nitrogens is 4. The van der Waals surface area contributed by atoms with Gasteiger partial charge in [-0.3, -0.25) is 4.79 Å². The zero-order valence-corrected chi connectivity index (χ0v) is 30.3. The van der Waals surface area contributed by atoms with Crippen LogP contribution in [0.15, 0.2) is 36.6 Å². The molecule has 12 heteroatoms. The van der Waals surface area contributed by atoms with Crippen LogP contribution in [0.25, 0.3) is 5.57 Å². The van der Waals surface area contributed by atoms with Crippen LogP contribution < -0.4 is 9.64 Å². The summed E-state index contributed by atoms with van der Waals surface area (Å²) in [5.74, 6) is -1.46. The first-order valence-electron chi connectivity index (χ1n) is 16.1. The van der Waals surface area contributed by atoms with Crippen LogP contribution in [-0.2, 0) is 21.0 Å². The van der Waals surface area contributed by atoms with E-state index in [-0.39, 0.29) is 51.2 Å². The molecule has 0 amide bonds. The Kier molecular flexibility index (Phi) is 12.3. The van der Waals surface area contributed by atoms with E-state index < -0.39 is 25.0 Å². The second-order valence-electron chi connectivity index (χ2n) is 14.9. The molecule has 0 aliphatic carbocycles. The largest absolute Gasteiger partial charge is 0.476 e. The van der Waals surface area contributed by atoms with Crippen LogP contribution in [0.1, 0.15) is 78.6 Å². The van der Waals surface area contributed by atoms with Crippen molar-refractivity contribution in [3.8, 4) is 5.88 Å². The van der Waals surface area contributed by atoms with Crippen LogP contribution in [-0.4, -0.2) is 71.6 Å². The molecule has 0 N–H and O–H groups in total. The van der Waals surface area contributed by atoms with Crippen LogP contribution in [0.4, 0.5) is 14.7 Å². The fraction of sp³-hybridized carbons (Fsp3) is 0.647. The van der Waals surface area contributed by atoms with E-state index in [0.29, 0.717) is 24.3 Å². The van der Waals surface area contributed by atoms with Gasteiger partial charge in [0, 0.05) is 64.4 Å². The molecule has 0 saturated carbocycles. The van der Waals surface area contributed by atoms with E-state index in [1.165, 1.54) is 0 Å². The zero-order valence-electron chi connectivity index (χ0n) is 29.3. The van der Waals surface area contributed by atoms with Crippen LogP contribution in [0, 0.1) is 5.41 Å². The van der Waals surface area contributed by atoms with Gasteiger partial charge in [-0.2, -0.15) is 4.98 Å². The van der Waals surface area contributed by atoms with Crippen molar-refractivity contribution >= 4 is 25.6 Å². The van der Waals surface area contributed by atoms with Crippen molar-refractivity contribution in [1.29, 1.82) is 0 Å². The maximum Gasteiger partial charge on any atom is 0.315 e. The first-order valence-corrected chi connectivity index (χ1v) is 19.8. The van der Waals surface area contributed by atoms with Gasteiger partial charge in [-0.05, 0) is 53.1 Å². The van der Waals surface area contributed by atoms with Gasteiger partial charge in [0.25, 0.3) is 5.92 Å². The molecule has 0 spiro atoms. The fourth-order valence-corrected chi connectivity index (χ4v) is 5.22.